The Labute approximate surface area is 224 Å². The molecule has 0 spiro atoms. The van der Waals surface area contributed by atoms with Crippen LogP contribution in [0.4, 0.5) is 15.9 Å². The number of anilines is 2. The number of nitrogens with zero attached hydrogens (tertiary/aromatic N) is 3. The minimum absolute atomic E-state index is 0.136. The van der Waals surface area contributed by atoms with Gasteiger partial charge in [-0.3, -0.25) is 14.0 Å². The predicted molar refractivity (Wildman–Crippen MR) is 142 cm³/mol. The molecule has 0 fully saturated rings. The average molecular weight is 555 g/mol. The molecule has 11 heteroatoms. The van der Waals surface area contributed by atoms with Gasteiger partial charge in [-0.05, 0) is 48.5 Å². The lowest BCUT2D eigenvalue weighted by molar-refractivity contribution is 0.101. The van der Waals surface area contributed by atoms with Crippen molar-refractivity contribution in [2.24, 2.45) is 0 Å². The van der Waals surface area contributed by atoms with Crippen molar-refractivity contribution in [1.82, 2.24) is 14.4 Å². The maximum Gasteiger partial charge on any atom is 0.256 e. The monoisotopic (exact) mass is 553 g/mol. The molecule has 3 aromatic carbocycles. The lowest BCUT2D eigenvalue weighted by Crippen LogP contribution is -2.14. The standard InChI is InChI=1S/C26H15Cl3FN5O2/c27-18-6-4-15(11-19(18)28)26(37)34-23-24-32-13-22(35(24)9-8-31-23)14-2-1-3-17(10-14)33-25(36)16-5-7-21(30)20(29)12-16/h1-13H,(H,33,36)(H,31,34,37). The average Bonchev–Trinajstić information content (AvgIpc) is 3.33. The number of hydrogen-bond acceptors (Lipinski definition) is 4. The first-order chi connectivity index (χ1) is 17.8. The van der Waals surface area contributed by atoms with E-state index in [9.17, 15) is 14.0 Å². The number of carbonyl (C=O) groups excluding carboxylic acids is 2. The molecular formula is C26H15Cl3FN5O2. The van der Waals surface area contributed by atoms with Gasteiger partial charge in [0.2, 0.25) is 0 Å². The molecule has 2 aromatic heterocycles. The van der Waals surface area contributed by atoms with E-state index in [1.807, 2.05) is 6.07 Å². The van der Waals surface area contributed by atoms with Crippen molar-refractivity contribution in [3.63, 3.8) is 0 Å². The van der Waals surface area contributed by atoms with Crippen LogP contribution in [0.2, 0.25) is 15.1 Å². The van der Waals surface area contributed by atoms with E-state index in [1.165, 1.54) is 30.5 Å². The Morgan fingerprint density at radius 1 is 0.811 bits per heavy atom. The largest absolute Gasteiger partial charge is 0.322 e. The number of halogens is 4. The van der Waals surface area contributed by atoms with Crippen molar-refractivity contribution in [3.8, 4) is 11.3 Å². The lowest BCUT2D eigenvalue weighted by Gasteiger charge is -2.09. The molecule has 0 aliphatic heterocycles. The highest BCUT2D eigenvalue weighted by Gasteiger charge is 2.15. The first-order valence-corrected chi connectivity index (χ1v) is 11.9. The molecular weight excluding hydrogens is 540 g/mol. The van der Waals surface area contributed by atoms with Crippen LogP contribution >= 0.6 is 34.8 Å². The van der Waals surface area contributed by atoms with Crippen LogP contribution in [0, 0.1) is 5.82 Å². The van der Waals surface area contributed by atoms with E-state index in [0.29, 0.717) is 27.6 Å². The lowest BCUT2D eigenvalue weighted by atomic mass is 10.1. The molecule has 5 aromatic rings. The molecule has 2 N–H and O–H groups in total. The summed E-state index contributed by atoms with van der Waals surface area (Å²) in [7, 11) is 0. The Hall–Kier alpha value is -3.98. The first kappa shape index (κ1) is 24.7. The number of benzene rings is 3. The molecule has 0 saturated carbocycles. The van der Waals surface area contributed by atoms with Gasteiger partial charge in [-0.25, -0.2) is 14.4 Å². The summed E-state index contributed by atoms with van der Waals surface area (Å²) < 4.78 is 15.2. The second kappa shape index (κ2) is 10.2. The minimum Gasteiger partial charge on any atom is -0.322 e. The van der Waals surface area contributed by atoms with E-state index in [2.05, 4.69) is 20.6 Å². The zero-order chi connectivity index (χ0) is 26.1. The Morgan fingerprint density at radius 2 is 1.54 bits per heavy atom. The summed E-state index contributed by atoms with van der Waals surface area (Å²) in [6.45, 7) is 0. The minimum atomic E-state index is -0.602. The number of amides is 2. The van der Waals surface area contributed by atoms with Crippen LogP contribution in [0.25, 0.3) is 16.9 Å². The summed E-state index contributed by atoms with van der Waals surface area (Å²) in [4.78, 5) is 34.0. The predicted octanol–water partition coefficient (Wildman–Crippen LogP) is 7.00. The van der Waals surface area contributed by atoms with E-state index in [-0.39, 0.29) is 21.4 Å². The third kappa shape index (κ3) is 5.13. The molecule has 0 aliphatic carbocycles. The summed E-state index contributed by atoms with van der Waals surface area (Å²) in [5, 5.41) is 6.00. The number of carbonyl (C=O) groups is 2. The molecule has 0 unspecified atom stereocenters. The molecule has 0 atom stereocenters. The van der Waals surface area contributed by atoms with Gasteiger partial charge in [0, 0.05) is 34.8 Å². The van der Waals surface area contributed by atoms with Gasteiger partial charge in [0.05, 0.1) is 27.0 Å². The molecule has 5 rings (SSSR count). The van der Waals surface area contributed by atoms with Crippen LogP contribution in [0.15, 0.2) is 79.3 Å². The fraction of sp³-hybridized carbons (Fsp3) is 0. The van der Waals surface area contributed by atoms with Crippen molar-refractivity contribution < 1.29 is 14.0 Å². The molecule has 2 amide bonds. The van der Waals surface area contributed by atoms with Crippen LogP contribution in [-0.2, 0) is 0 Å². The second-order valence-electron chi connectivity index (χ2n) is 7.86. The van der Waals surface area contributed by atoms with Gasteiger partial charge in [-0.2, -0.15) is 0 Å². The number of fused-ring (bicyclic) bond motifs is 1. The number of aromatic nitrogens is 3. The zero-order valence-corrected chi connectivity index (χ0v) is 20.9. The van der Waals surface area contributed by atoms with E-state index in [0.717, 1.165) is 11.6 Å². The van der Waals surface area contributed by atoms with E-state index < -0.39 is 17.6 Å². The SMILES string of the molecule is O=C(Nc1cccc(-c2cnc3c(NC(=O)c4ccc(Cl)c(Cl)c4)nccn23)c1)c1ccc(F)c(Cl)c1. The van der Waals surface area contributed by atoms with Gasteiger partial charge in [-0.1, -0.05) is 46.9 Å². The summed E-state index contributed by atoms with van der Waals surface area (Å²) in [5.41, 5.74) is 2.91. The van der Waals surface area contributed by atoms with Gasteiger partial charge in [0.15, 0.2) is 11.5 Å². The van der Waals surface area contributed by atoms with Crippen molar-refractivity contribution in [2.75, 3.05) is 10.6 Å². The molecule has 0 radical (unpaired) electrons. The van der Waals surface area contributed by atoms with Gasteiger partial charge < -0.3 is 10.6 Å². The Morgan fingerprint density at radius 3 is 2.30 bits per heavy atom. The van der Waals surface area contributed by atoms with Crippen molar-refractivity contribution in [1.29, 1.82) is 0 Å². The van der Waals surface area contributed by atoms with Gasteiger partial charge in [0.1, 0.15) is 5.82 Å². The fourth-order valence-electron chi connectivity index (χ4n) is 3.63. The second-order valence-corrected chi connectivity index (χ2v) is 9.08. The maximum absolute atomic E-state index is 13.4. The van der Waals surface area contributed by atoms with E-state index >= 15 is 0 Å². The number of hydrogen-bond donors (Lipinski definition) is 2. The summed E-state index contributed by atoms with van der Waals surface area (Å²) in [6.07, 6.45) is 4.87. The third-order valence-corrected chi connectivity index (χ3v) is 6.47. The molecule has 184 valence electrons. The number of nitrogens with one attached hydrogen (secondary N) is 2. The van der Waals surface area contributed by atoms with Crippen LogP contribution in [0.5, 0.6) is 0 Å². The fourth-order valence-corrected chi connectivity index (χ4v) is 4.11. The molecule has 2 heterocycles. The van der Waals surface area contributed by atoms with Crippen LogP contribution in [0.1, 0.15) is 20.7 Å². The van der Waals surface area contributed by atoms with Crippen LogP contribution in [-0.4, -0.2) is 26.2 Å². The third-order valence-electron chi connectivity index (χ3n) is 5.44. The molecule has 0 saturated heterocycles. The summed E-state index contributed by atoms with van der Waals surface area (Å²) in [6, 6.07) is 15.4. The smallest absolute Gasteiger partial charge is 0.256 e. The first-order valence-electron chi connectivity index (χ1n) is 10.8. The van der Waals surface area contributed by atoms with Crippen molar-refractivity contribution >= 4 is 63.8 Å². The Kier molecular flexibility index (Phi) is 6.80. The highest BCUT2D eigenvalue weighted by Crippen LogP contribution is 2.27. The highest BCUT2D eigenvalue weighted by atomic mass is 35.5. The normalized spacial score (nSPS) is 10.9. The number of imidazole rings is 1. The topological polar surface area (TPSA) is 88.4 Å². The zero-order valence-electron chi connectivity index (χ0n) is 18.7. The molecule has 0 bridgehead atoms. The Bertz CT molecular complexity index is 1690. The number of rotatable bonds is 5. The quantitative estimate of drug-likeness (QED) is 0.245. The van der Waals surface area contributed by atoms with Crippen LogP contribution in [0.3, 0.4) is 0 Å². The summed E-state index contributed by atoms with van der Waals surface area (Å²) >= 11 is 17.8. The molecule has 7 nitrogen and oxygen atoms in total. The summed E-state index contributed by atoms with van der Waals surface area (Å²) in [5.74, 6) is -1.21. The van der Waals surface area contributed by atoms with E-state index in [1.54, 1.807) is 41.1 Å². The van der Waals surface area contributed by atoms with Gasteiger partial charge in [0.25, 0.3) is 11.8 Å². The highest BCUT2D eigenvalue weighted by molar-refractivity contribution is 6.42. The molecule has 0 aliphatic rings. The molecule has 37 heavy (non-hydrogen) atoms. The van der Waals surface area contributed by atoms with Gasteiger partial charge in [-0.15, -0.1) is 0 Å². The van der Waals surface area contributed by atoms with Crippen LogP contribution < -0.4 is 10.6 Å². The van der Waals surface area contributed by atoms with Crippen molar-refractivity contribution in [3.05, 3.63) is 111 Å². The van der Waals surface area contributed by atoms with Crippen molar-refractivity contribution in [2.45, 2.75) is 0 Å². The van der Waals surface area contributed by atoms with Gasteiger partial charge >= 0.3 is 0 Å². The maximum atomic E-state index is 13.4. The van der Waals surface area contributed by atoms with E-state index in [4.69, 9.17) is 34.8 Å². The Balaban J connectivity index is 1.41.